The summed E-state index contributed by atoms with van der Waals surface area (Å²) in [5.74, 6) is 0.970. The maximum atomic E-state index is 5.86. The van der Waals surface area contributed by atoms with Crippen molar-refractivity contribution >= 4 is 32.7 Å². The molecule has 106 valence electrons. The minimum Gasteiger partial charge on any atom is -0.384 e. The minimum atomic E-state index is 0.390. The fourth-order valence-electron chi connectivity index (χ4n) is 2.18. The Kier molecular flexibility index (Phi) is 3.81. The topological polar surface area (TPSA) is 73.9 Å². The molecule has 0 aliphatic carbocycles. The van der Waals surface area contributed by atoms with Crippen LogP contribution in [-0.4, -0.2) is 22.1 Å². The molecule has 0 aliphatic heterocycles. The molecule has 6 heteroatoms. The highest BCUT2D eigenvalue weighted by Crippen LogP contribution is 2.30. The summed E-state index contributed by atoms with van der Waals surface area (Å²) in [6, 6.07) is 9.50. The first kappa shape index (κ1) is 13.9. The lowest BCUT2D eigenvalue weighted by Crippen LogP contribution is -2.02. The zero-order valence-corrected chi connectivity index (χ0v) is 13.0. The van der Waals surface area contributed by atoms with Gasteiger partial charge in [-0.2, -0.15) is 0 Å². The molecule has 2 aromatic heterocycles. The highest BCUT2D eigenvalue weighted by molar-refractivity contribution is 9.10. The zero-order chi connectivity index (χ0) is 14.8. The first-order valence-electron chi connectivity index (χ1n) is 6.35. The van der Waals surface area contributed by atoms with Crippen LogP contribution >= 0.6 is 15.9 Å². The van der Waals surface area contributed by atoms with E-state index in [1.54, 1.807) is 19.4 Å². The number of rotatable bonds is 3. The number of hydrogen-bond donors (Lipinski definition) is 1. The summed E-state index contributed by atoms with van der Waals surface area (Å²) in [6.07, 6.45) is 1.75. The lowest BCUT2D eigenvalue weighted by Gasteiger charge is -2.08. The van der Waals surface area contributed by atoms with Gasteiger partial charge in [0.2, 0.25) is 0 Å². The Bertz CT molecular complexity index is 807. The maximum absolute atomic E-state index is 5.86. The Morgan fingerprint density at radius 1 is 1.24 bits per heavy atom. The largest absolute Gasteiger partial charge is 0.384 e. The van der Waals surface area contributed by atoms with E-state index in [1.165, 1.54) is 0 Å². The van der Waals surface area contributed by atoms with Gasteiger partial charge in [0.05, 0.1) is 17.8 Å². The summed E-state index contributed by atoms with van der Waals surface area (Å²) < 4.78 is 6.09. The van der Waals surface area contributed by atoms with Gasteiger partial charge in [0.1, 0.15) is 5.82 Å². The Morgan fingerprint density at radius 2 is 2.10 bits per heavy atom. The lowest BCUT2D eigenvalue weighted by molar-refractivity contribution is 0.181. The number of nitrogens with zero attached hydrogens (tertiary/aromatic N) is 3. The predicted molar refractivity (Wildman–Crippen MR) is 85.6 cm³/mol. The summed E-state index contributed by atoms with van der Waals surface area (Å²) >= 11 is 3.53. The van der Waals surface area contributed by atoms with Crippen LogP contribution in [0.2, 0.25) is 0 Å². The van der Waals surface area contributed by atoms with Crippen LogP contribution in [-0.2, 0) is 11.3 Å². The number of benzene rings is 1. The van der Waals surface area contributed by atoms with Gasteiger partial charge in [0.15, 0.2) is 5.82 Å². The van der Waals surface area contributed by atoms with Gasteiger partial charge in [0, 0.05) is 34.8 Å². The van der Waals surface area contributed by atoms with Crippen LogP contribution in [0.1, 0.15) is 5.69 Å². The smallest absolute Gasteiger partial charge is 0.164 e. The van der Waals surface area contributed by atoms with Gasteiger partial charge >= 0.3 is 0 Å². The molecule has 0 radical (unpaired) electrons. The van der Waals surface area contributed by atoms with Crippen LogP contribution in [0.5, 0.6) is 0 Å². The minimum absolute atomic E-state index is 0.390. The van der Waals surface area contributed by atoms with Crippen LogP contribution < -0.4 is 5.73 Å². The first-order valence-corrected chi connectivity index (χ1v) is 7.14. The Morgan fingerprint density at radius 3 is 2.90 bits per heavy atom. The molecule has 0 unspecified atom stereocenters. The number of halogens is 1. The number of anilines is 1. The molecule has 0 bridgehead atoms. The molecule has 3 aromatic rings. The normalized spacial score (nSPS) is 11.0. The van der Waals surface area contributed by atoms with Gasteiger partial charge in [-0.3, -0.25) is 4.98 Å². The van der Waals surface area contributed by atoms with E-state index in [2.05, 4.69) is 30.9 Å². The number of fused-ring (bicyclic) bond motifs is 1. The van der Waals surface area contributed by atoms with E-state index in [-0.39, 0.29) is 0 Å². The molecule has 0 fully saturated rings. The van der Waals surface area contributed by atoms with E-state index >= 15 is 0 Å². The Hall–Kier alpha value is -2.05. The number of nitrogen functional groups attached to an aromatic ring is 1. The van der Waals surface area contributed by atoms with Crippen LogP contribution in [0, 0.1) is 0 Å². The molecule has 0 atom stereocenters. The summed E-state index contributed by atoms with van der Waals surface area (Å²) in [5.41, 5.74) is 8.29. The monoisotopic (exact) mass is 344 g/mol. The van der Waals surface area contributed by atoms with Crippen molar-refractivity contribution in [1.82, 2.24) is 15.0 Å². The van der Waals surface area contributed by atoms with Crippen LogP contribution in [0.3, 0.4) is 0 Å². The average molecular weight is 345 g/mol. The summed E-state index contributed by atoms with van der Waals surface area (Å²) in [6.45, 7) is 0.390. The molecule has 0 saturated heterocycles. The van der Waals surface area contributed by atoms with E-state index in [9.17, 15) is 0 Å². The van der Waals surface area contributed by atoms with Crippen molar-refractivity contribution in [2.24, 2.45) is 0 Å². The molecule has 2 N–H and O–H groups in total. The van der Waals surface area contributed by atoms with Gasteiger partial charge in [-0.25, -0.2) is 9.97 Å². The summed E-state index contributed by atoms with van der Waals surface area (Å²) in [5, 5.41) is 1.01. The molecule has 3 rings (SSSR count). The van der Waals surface area contributed by atoms with Gasteiger partial charge in [0.25, 0.3) is 0 Å². The van der Waals surface area contributed by atoms with Crippen LogP contribution in [0.25, 0.3) is 22.3 Å². The number of hydrogen-bond acceptors (Lipinski definition) is 5. The van der Waals surface area contributed by atoms with Gasteiger partial charge in [-0.15, -0.1) is 0 Å². The number of pyridine rings is 1. The van der Waals surface area contributed by atoms with Crippen molar-refractivity contribution in [3.8, 4) is 11.4 Å². The lowest BCUT2D eigenvalue weighted by atomic mass is 10.1. The summed E-state index contributed by atoms with van der Waals surface area (Å²) in [4.78, 5) is 13.3. The second-order valence-corrected chi connectivity index (χ2v) is 5.39. The number of aromatic nitrogens is 3. The van der Waals surface area contributed by atoms with Crippen molar-refractivity contribution < 1.29 is 4.74 Å². The zero-order valence-electron chi connectivity index (χ0n) is 11.4. The van der Waals surface area contributed by atoms with E-state index in [4.69, 9.17) is 10.5 Å². The molecule has 0 aliphatic rings. The van der Waals surface area contributed by atoms with Gasteiger partial charge < -0.3 is 10.5 Å². The fourth-order valence-corrected chi connectivity index (χ4v) is 2.63. The van der Waals surface area contributed by atoms with Crippen LogP contribution in [0.15, 0.2) is 41.0 Å². The SMILES string of the molecule is COCc1cc(N)nc(-c2ccc(Br)c3cccnc23)n1. The standard InChI is InChI=1S/C15H13BrN4O/c1-21-8-9-7-13(17)20-15(19-9)11-4-5-12(16)10-3-2-6-18-14(10)11/h2-7H,8H2,1H3,(H2,17,19,20). The van der Waals surface area contributed by atoms with Crippen molar-refractivity contribution in [3.05, 3.63) is 46.7 Å². The highest BCUT2D eigenvalue weighted by Gasteiger charge is 2.11. The maximum Gasteiger partial charge on any atom is 0.164 e. The third-order valence-electron chi connectivity index (χ3n) is 3.05. The molecule has 2 heterocycles. The number of ether oxygens (including phenoxy) is 1. The predicted octanol–water partition coefficient (Wildman–Crippen LogP) is 3.18. The van der Waals surface area contributed by atoms with Crippen molar-refractivity contribution in [1.29, 1.82) is 0 Å². The van der Waals surface area contributed by atoms with Crippen molar-refractivity contribution in [2.45, 2.75) is 6.61 Å². The first-order chi connectivity index (χ1) is 10.2. The molecule has 1 aromatic carbocycles. The van der Waals surface area contributed by atoms with Crippen molar-refractivity contribution in [2.75, 3.05) is 12.8 Å². The fraction of sp³-hybridized carbons (Fsp3) is 0.133. The molecule has 21 heavy (non-hydrogen) atoms. The molecule has 5 nitrogen and oxygen atoms in total. The van der Waals surface area contributed by atoms with Crippen molar-refractivity contribution in [3.63, 3.8) is 0 Å². The molecule has 0 saturated carbocycles. The Labute approximate surface area is 130 Å². The third-order valence-corrected chi connectivity index (χ3v) is 3.74. The second-order valence-electron chi connectivity index (χ2n) is 4.54. The van der Waals surface area contributed by atoms with Gasteiger partial charge in [-0.05, 0) is 18.2 Å². The molecule has 0 amide bonds. The number of methoxy groups -OCH3 is 1. The van der Waals surface area contributed by atoms with E-state index < -0.39 is 0 Å². The average Bonchev–Trinajstić information content (AvgIpc) is 2.47. The molecular weight excluding hydrogens is 332 g/mol. The Balaban J connectivity index is 2.23. The van der Waals surface area contributed by atoms with Gasteiger partial charge in [-0.1, -0.05) is 22.0 Å². The van der Waals surface area contributed by atoms with Crippen LogP contribution in [0.4, 0.5) is 5.82 Å². The van der Waals surface area contributed by atoms with E-state index in [0.717, 1.165) is 26.6 Å². The molecule has 0 spiro atoms. The quantitative estimate of drug-likeness (QED) is 0.789. The molecular formula is C15H13BrN4O. The second kappa shape index (κ2) is 5.75. The third kappa shape index (κ3) is 2.72. The van der Waals surface area contributed by atoms with E-state index in [0.29, 0.717) is 18.2 Å². The number of nitrogens with two attached hydrogens (primary N) is 1. The van der Waals surface area contributed by atoms with E-state index in [1.807, 2.05) is 24.3 Å². The highest BCUT2D eigenvalue weighted by atomic mass is 79.9. The summed E-state index contributed by atoms with van der Waals surface area (Å²) in [7, 11) is 1.62.